The average Bonchev–Trinajstić information content (AvgIpc) is 3.54. The number of anilines is 2. The topological polar surface area (TPSA) is 82.8 Å². The van der Waals surface area contributed by atoms with E-state index in [2.05, 4.69) is 82.7 Å². The number of likely N-dealkylation sites (N-methyl/N-ethyl adjacent to an activating group) is 1. The molecule has 2 fully saturated rings. The fourth-order valence-corrected chi connectivity index (χ4v) is 7.09. The van der Waals surface area contributed by atoms with E-state index in [9.17, 15) is 10.1 Å². The highest BCUT2D eigenvalue weighted by Gasteiger charge is 2.39. The second kappa shape index (κ2) is 10.1. The monoisotopic (exact) mass is 548 g/mol. The molecule has 41 heavy (non-hydrogen) atoms. The number of hydrogen-bond acceptors (Lipinski definition) is 8. The lowest BCUT2D eigenvalue weighted by molar-refractivity contribution is -0.128. The Kier molecular flexibility index (Phi) is 6.40. The van der Waals surface area contributed by atoms with E-state index in [-0.39, 0.29) is 18.4 Å². The molecular formula is C32H36N8O. The lowest BCUT2D eigenvalue weighted by atomic mass is 10.0. The highest BCUT2D eigenvalue weighted by atomic mass is 16.2. The van der Waals surface area contributed by atoms with Gasteiger partial charge in [0.25, 0.3) is 0 Å². The molecule has 1 aromatic heterocycles. The maximum absolute atomic E-state index is 12.6. The van der Waals surface area contributed by atoms with E-state index < -0.39 is 0 Å². The van der Waals surface area contributed by atoms with Gasteiger partial charge in [-0.3, -0.25) is 9.69 Å². The van der Waals surface area contributed by atoms with Crippen LogP contribution in [0.25, 0.3) is 10.8 Å². The first-order valence-electron chi connectivity index (χ1n) is 14.6. The molecule has 0 bridgehead atoms. The van der Waals surface area contributed by atoms with E-state index in [1.165, 1.54) is 33.5 Å². The lowest BCUT2D eigenvalue weighted by Crippen LogP contribution is -2.58. The Hall–Kier alpha value is -4.00. The maximum atomic E-state index is 12.6. The zero-order valence-corrected chi connectivity index (χ0v) is 23.8. The zero-order chi connectivity index (χ0) is 28.2. The number of hydrogen-bond donors (Lipinski definition) is 0. The molecular weight excluding hydrogens is 512 g/mol. The minimum atomic E-state index is -0.199. The van der Waals surface area contributed by atoms with E-state index in [0.717, 1.165) is 50.1 Å². The number of aromatic nitrogens is 2. The molecule has 0 radical (unpaired) electrons. The van der Waals surface area contributed by atoms with E-state index in [0.29, 0.717) is 31.7 Å². The van der Waals surface area contributed by atoms with Crippen molar-refractivity contribution < 1.29 is 4.79 Å². The van der Waals surface area contributed by atoms with E-state index in [4.69, 9.17) is 9.97 Å². The van der Waals surface area contributed by atoms with Crippen LogP contribution in [0.2, 0.25) is 0 Å². The molecule has 4 heterocycles. The minimum absolute atomic E-state index is 0.116. The van der Waals surface area contributed by atoms with Gasteiger partial charge >= 0.3 is 0 Å². The van der Waals surface area contributed by atoms with Crippen molar-refractivity contribution in [1.29, 1.82) is 5.26 Å². The van der Waals surface area contributed by atoms with Crippen LogP contribution in [0.15, 0.2) is 49.1 Å². The van der Waals surface area contributed by atoms with Gasteiger partial charge in [0.1, 0.15) is 5.82 Å². The summed E-state index contributed by atoms with van der Waals surface area (Å²) in [6.07, 6.45) is 2.64. The summed E-state index contributed by atoms with van der Waals surface area (Å²) in [7, 11) is 4.24. The summed E-state index contributed by atoms with van der Waals surface area (Å²) in [6, 6.07) is 16.2. The van der Waals surface area contributed by atoms with Crippen molar-refractivity contribution in [2.24, 2.45) is 0 Å². The van der Waals surface area contributed by atoms with Crippen LogP contribution in [0.1, 0.15) is 34.8 Å². The predicted molar refractivity (Wildman–Crippen MR) is 160 cm³/mol. The average molecular weight is 549 g/mol. The summed E-state index contributed by atoms with van der Waals surface area (Å²) >= 11 is 0. The van der Waals surface area contributed by atoms with Crippen LogP contribution in [0, 0.1) is 11.3 Å². The molecule has 210 valence electrons. The van der Waals surface area contributed by atoms with Crippen molar-refractivity contribution in [2.45, 2.75) is 44.1 Å². The molecule has 1 amide bonds. The van der Waals surface area contributed by atoms with Crippen LogP contribution >= 0.6 is 0 Å². The third kappa shape index (κ3) is 4.33. The Labute approximate surface area is 241 Å². The molecule has 9 heteroatoms. The summed E-state index contributed by atoms with van der Waals surface area (Å²) in [5, 5.41) is 12.3. The third-order valence-corrected chi connectivity index (χ3v) is 9.45. The number of rotatable bonds is 6. The van der Waals surface area contributed by atoms with E-state index in [1.807, 2.05) is 0 Å². The number of piperazine rings is 1. The van der Waals surface area contributed by atoms with Gasteiger partial charge in [0.15, 0.2) is 0 Å². The summed E-state index contributed by atoms with van der Waals surface area (Å²) < 4.78 is 0. The highest BCUT2D eigenvalue weighted by Crippen LogP contribution is 2.44. The lowest BCUT2D eigenvalue weighted by Gasteiger charge is -2.44. The number of fused-ring (bicyclic) bond motifs is 1. The van der Waals surface area contributed by atoms with Crippen LogP contribution in [-0.2, 0) is 24.3 Å². The van der Waals surface area contributed by atoms with Crippen molar-refractivity contribution in [3.05, 3.63) is 71.4 Å². The Bertz CT molecular complexity index is 1570. The SMILES string of the molecule is C=CC(=O)N1CCN(c2nc(N3CC(N(C)C)C3)nc3c2CN([C@@H]2Cc4cccc5cccc2c45)C3)CC1CC#N. The van der Waals surface area contributed by atoms with Crippen LogP contribution in [0.3, 0.4) is 0 Å². The minimum Gasteiger partial charge on any atom is -0.352 e. The Balaban J connectivity index is 1.22. The first kappa shape index (κ1) is 25.9. The summed E-state index contributed by atoms with van der Waals surface area (Å²) in [4.78, 5) is 34.1. The molecule has 2 atom stereocenters. The number of nitrogens with zero attached hydrogens (tertiary/aromatic N) is 8. The largest absolute Gasteiger partial charge is 0.352 e. The molecule has 0 N–H and O–H groups in total. The Morgan fingerprint density at radius 3 is 2.66 bits per heavy atom. The first-order valence-corrected chi connectivity index (χ1v) is 14.6. The van der Waals surface area contributed by atoms with Crippen molar-refractivity contribution in [1.82, 2.24) is 24.7 Å². The van der Waals surface area contributed by atoms with Crippen LogP contribution in [-0.4, -0.2) is 89.5 Å². The second-order valence-corrected chi connectivity index (χ2v) is 12.0. The van der Waals surface area contributed by atoms with Gasteiger partial charge in [-0.15, -0.1) is 0 Å². The van der Waals surface area contributed by atoms with Crippen LogP contribution in [0.5, 0.6) is 0 Å². The molecule has 1 unspecified atom stereocenters. The molecule has 0 spiro atoms. The number of benzene rings is 2. The van der Waals surface area contributed by atoms with Gasteiger partial charge in [0.2, 0.25) is 11.9 Å². The summed E-state index contributed by atoms with van der Waals surface area (Å²) in [5.74, 6) is 1.63. The van der Waals surface area contributed by atoms with Gasteiger partial charge in [-0.05, 0) is 48.5 Å². The van der Waals surface area contributed by atoms with Crippen molar-refractivity contribution in [3.8, 4) is 6.07 Å². The van der Waals surface area contributed by atoms with Gasteiger partial charge in [0, 0.05) is 63.5 Å². The fraction of sp³-hybridized carbons (Fsp3) is 0.438. The Morgan fingerprint density at radius 1 is 1.10 bits per heavy atom. The van der Waals surface area contributed by atoms with Gasteiger partial charge < -0.3 is 19.6 Å². The summed E-state index contributed by atoms with van der Waals surface area (Å²) in [6.45, 7) is 8.85. The van der Waals surface area contributed by atoms with Crippen molar-refractivity contribution >= 4 is 28.4 Å². The molecule has 9 nitrogen and oxygen atoms in total. The maximum Gasteiger partial charge on any atom is 0.246 e. The van der Waals surface area contributed by atoms with E-state index in [1.54, 1.807) is 4.90 Å². The smallest absolute Gasteiger partial charge is 0.246 e. The Morgan fingerprint density at radius 2 is 1.90 bits per heavy atom. The molecule has 2 aromatic carbocycles. The van der Waals surface area contributed by atoms with Gasteiger partial charge in [-0.1, -0.05) is 43.0 Å². The van der Waals surface area contributed by atoms with Gasteiger partial charge in [-0.25, -0.2) is 4.98 Å². The second-order valence-electron chi connectivity index (χ2n) is 12.0. The molecule has 7 rings (SSSR count). The molecule has 3 aliphatic heterocycles. The van der Waals surface area contributed by atoms with Crippen LogP contribution < -0.4 is 9.80 Å². The molecule has 2 saturated heterocycles. The van der Waals surface area contributed by atoms with Crippen molar-refractivity contribution in [3.63, 3.8) is 0 Å². The predicted octanol–water partition coefficient (Wildman–Crippen LogP) is 3.11. The van der Waals surface area contributed by atoms with Crippen LogP contribution in [0.4, 0.5) is 11.8 Å². The standard InChI is InChI=1S/C32H36N8O/c1-4-29(41)40-14-13-37(16-23(40)11-12-33)31-26-19-38(20-27(26)34-32(35-31)39-17-24(18-39)36(2)3)28-15-22-9-5-7-21-8-6-10-25(28)30(21)22/h4-10,23-24,28H,1,11,13-20H2,2-3H3/t23?,28-/m1/s1. The van der Waals surface area contributed by atoms with Crippen molar-refractivity contribution in [2.75, 3.05) is 56.6 Å². The molecule has 0 saturated carbocycles. The third-order valence-electron chi connectivity index (χ3n) is 9.45. The van der Waals surface area contributed by atoms with Gasteiger partial charge in [0.05, 0.1) is 24.2 Å². The highest BCUT2D eigenvalue weighted by molar-refractivity contribution is 5.91. The molecule has 4 aliphatic rings. The molecule has 3 aromatic rings. The molecule has 1 aliphatic carbocycles. The van der Waals surface area contributed by atoms with E-state index >= 15 is 0 Å². The number of nitriles is 1. The summed E-state index contributed by atoms with van der Waals surface area (Å²) in [5.41, 5.74) is 5.11. The quantitative estimate of drug-likeness (QED) is 0.435. The fourth-order valence-electron chi connectivity index (χ4n) is 7.09. The zero-order valence-electron chi connectivity index (χ0n) is 23.8. The van der Waals surface area contributed by atoms with Gasteiger partial charge in [-0.2, -0.15) is 10.2 Å². The number of amides is 1. The first-order chi connectivity index (χ1) is 19.9. The number of carbonyl (C=O) groups excluding carboxylic acids is 1. The number of carbonyl (C=O) groups is 1. The normalized spacial score (nSPS) is 22.2.